The molecule has 17 heavy (non-hydrogen) atoms. The van der Waals surface area contributed by atoms with Crippen LogP contribution >= 0.6 is 0 Å². The average molecular weight is 233 g/mol. The summed E-state index contributed by atoms with van der Waals surface area (Å²) >= 11 is 0. The fourth-order valence-electron chi connectivity index (χ4n) is 2.68. The molecule has 1 atom stereocenters. The van der Waals surface area contributed by atoms with Gasteiger partial charge >= 0.3 is 0 Å². The monoisotopic (exact) mass is 233 g/mol. The Morgan fingerprint density at radius 2 is 1.82 bits per heavy atom. The molecule has 0 saturated carbocycles. The van der Waals surface area contributed by atoms with Crippen LogP contribution < -0.4 is 4.90 Å². The fraction of sp³-hybridized carbons (Fsp3) is 0.625. The fourth-order valence-corrected chi connectivity index (χ4v) is 2.68. The molecule has 0 bridgehead atoms. The highest BCUT2D eigenvalue weighted by Crippen LogP contribution is 2.42. The van der Waals surface area contributed by atoms with Crippen molar-refractivity contribution >= 4 is 5.69 Å². The van der Waals surface area contributed by atoms with Crippen molar-refractivity contribution in [1.29, 1.82) is 0 Å². The normalized spacial score (nSPS) is 21.4. The first-order valence-corrected chi connectivity index (χ1v) is 6.76. The lowest BCUT2D eigenvalue weighted by molar-refractivity contribution is 0.395. The molecule has 0 aliphatic carbocycles. The number of anilines is 1. The molecule has 0 fully saturated rings. The van der Waals surface area contributed by atoms with E-state index in [4.69, 9.17) is 0 Å². The first kappa shape index (κ1) is 14.1. The largest absolute Gasteiger partial charge is 0.369 e. The Morgan fingerprint density at radius 3 is 2.41 bits per heavy atom. The smallest absolute Gasteiger partial charge is 0.0406 e. The molecule has 1 unspecified atom stereocenters. The predicted octanol–water partition coefficient (Wildman–Crippen LogP) is 4.74. The van der Waals surface area contributed by atoms with E-state index in [0.717, 1.165) is 0 Å². The molecule has 1 heterocycles. The summed E-state index contributed by atoms with van der Waals surface area (Å²) in [6.07, 6.45) is 1.24. The van der Waals surface area contributed by atoms with Gasteiger partial charge in [-0.15, -0.1) is 0 Å². The van der Waals surface area contributed by atoms with Crippen LogP contribution in [-0.2, 0) is 0 Å². The molecule has 1 nitrogen and oxygen atoms in total. The number of fused-ring (bicyclic) bond motifs is 1. The van der Waals surface area contributed by atoms with E-state index in [2.05, 4.69) is 57.8 Å². The summed E-state index contributed by atoms with van der Waals surface area (Å²) in [7, 11) is 2.21. The topological polar surface area (TPSA) is 3.24 Å². The first-order chi connectivity index (χ1) is 7.92. The second kappa shape index (κ2) is 5.12. The summed E-state index contributed by atoms with van der Waals surface area (Å²) in [5.41, 5.74) is 4.55. The van der Waals surface area contributed by atoms with Crippen molar-refractivity contribution in [2.24, 2.45) is 0 Å². The third-order valence-electron chi connectivity index (χ3n) is 3.79. The van der Waals surface area contributed by atoms with E-state index in [0.29, 0.717) is 5.92 Å². The molecule has 0 radical (unpaired) electrons. The molecule has 0 amide bonds. The van der Waals surface area contributed by atoms with Gasteiger partial charge in [-0.3, -0.25) is 0 Å². The SMILES string of the molecule is CC.Cc1ccc2c(c1)N(C)C(C)(C)CC2C. The lowest BCUT2D eigenvalue weighted by Crippen LogP contribution is -2.45. The van der Waals surface area contributed by atoms with Crippen LogP contribution in [0.4, 0.5) is 5.69 Å². The highest BCUT2D eigenvalue weighted by atomic mass is 15.2. The van der Waals surface area contributed by atoms with Gasteiger partial charge in [-0.25, -0.2) is 0 Å². The average Bonchev–Trinajstić information content (AvgIpc) is 2.28. The van der Waals surface area contributed by atoms with Crippen LogP contribution in [0.2, 0.25) is 0 Å². The zero-order valence-corrected chi connectivity index (χ0v) is 12.5. The van der Waals surface area contributed by atoms with Crippen LogP contribution in [0.5, 0.6) is 0 Å². The standard InChI is InChI=1S/C14H21N.C2H6/c1-10-6-7-12-11(2)9-14(3,4)15(5)13(12)8-10;1-2/h6-8,11H,9H2,1-5H3;1-2H3. The highest BCUT2D eigenvalue weighted by molar-refractivity contribution is 5.60. The van der Waals surface area contributed by atoms with E-state index in [9.17, 15) is 0 Å². The summed E-state index contributed by atoms with van der Waals surface area (Å²) in [5, 5.41) is 0. The van der Waals surface area contributed by atoms with E-state index in [1.54, 1.807) is 0 Å². The lowest BCUT2D eigenvalue weighted by atomic mass is 9.80. The number of benzene rings is 1. The van der Waals surface area contributed by atoms with Crippen molar-refractivity contribution < 1.29 is 0 Å². The highest BCUT2D eigenvalue weighted by Gasteiger charge is 2.33. The molecule has 1 aliphatic rings. The molecule has 1 aromatic carbocycles. The van der Waals surface area contributed by atoms with E-state index < -0.39 is 0 Å². The van der Waals surface area contributed by atoms with Gasteiger partial charge in [0.2, 0.25) is 0 Å². The van der Waals surface area contributed by atoms with Gasteiger partial charge in [0, 0.05) is 18.3 Å². The van der Waals surface area contributed by atoms with Gasteiger partial charge in [0.15, 0.2) is 0 Å². The van der Waals surface area contributed by atoms with Crippen molar-refractivity contribution in [3.8, 4) is 0 Å². The second-order valence-corrected chi connectivity index (χ2v) is 5.54. The molecular formula is C16H27N. The molecule has 2 rings (SSSR count). The predicted molar refractivity (Wildman–Crippen MR) is 78.0 cm³/mol. The maximum absolute atomic E-state index is 2.43. The molecule has 1 aliphatic heterocycles. The van der Waals surface area contributed by atoms with Gasteiger partial charge in [-0.2, -0.15) is 0 Å². The van der Waals surface area contributed by atoms with Crippen LogP contribution in [0.15, 0.2) is 18.2 Å². The summed E-state index contributed by atoms with van der Waals surface area (Å²) in [5.74, 6) is 0.673. The minimum absolute atomic E-state index is 0.278. The maximum Gasteiger partial charge on any atom is 0.0406 e. The molecule has 0 N–H and O–H groups in total. The quantitative estimate of drug-likeness (QED) is 0.625. The zero-order valence-electron chi connectivity index (χ0n) is 12.5. The summed E-state index contributed by atoms with van der Waals surface area (Å²) in [4.78, 5) is 2.43. The van der Waals surface area contributed by atoms with Gasteiger partial charge in [0.1, 0.15) is 0 Å². The Labute approximate surface area is 107 Å². The lowest BCUT2D eigenvalue weighted by Gasteiger charge is -2.45. The van der Waals surface area contributed by atoms with E-state index in [-0.39, 0.29) is 5.54 Å². The van der Waals surface area contributed by atoms with Crippen LogP contribution in [-0.4, -0.2) is 12.6 Å². The number of hydrogen-bond donors (Lipinski definition) is 0. The van der Waals surface area contributed by atoms with Gasteiger partial charge in [-0.05, 0) is 50.3 Å². The molecular weight excluding hydrogens is 206 g/mol. The van der Waals surface area contributed by atoms with Crippen molar-refractivity contribution in [1.82, 2.24) is 0 Å². The summed E-state index contributed by atoms with van der Waals surface area (Å²) in [6, 6.07) is 6.83. The van der Waals surface area contributed by atoms with Gasteiger partial charge in [0.25, 0.3) is 0 Å². The molecule has 1 heteroatoms. The van der Waals surface area contributed by atoms with Gasteiger partial charge < -0.3 is 4.90 Å². The third-order valence-corrected chi connectivity index (χ3v) is 3.79. The van der Waals surface area contributed by atoms with Gasteiger partial charge in [0.05, 0.1) is 0 Å². The van der Waals surface area contributed by atoms with E-state index in [1.807, 2.05) is 13.8 Å². The van der Waals surface area contributed by atoms with Crippen LogP contribution in [0.1, 0.15) is 58.1 Å². The Morgan fingerprint density at radius 1 is 1.24 bits per heavy atom. The van der Waals surface area contributed by atoms with Crippen LogP contribution in [0.3, 0.4) is 0 Å². The molecule has 0 aromatic heterocycles. The Balaban J connectivity index is 0.000000686. The summed E-state index contributed by atoms with van der Waals surface area (Å²) in [6.45, 7) is 13.2. The maximum atomic E-state index is 2.43. The molecule has 96 valence electrons. The number of hydrogen-bond acceptors (Lipinski definition) is 1. The number of aryl methyl sites for hydroxylation is 1. The zero-order chi connectivity index (χ0) is 13.2. The minimum atomic E-state index is 0.278. The van der Waals surface area contributed by atoms with E-state index >= 15 is 0 Å². The van der Waals surface area contributed by atoms with E-state index in [1.165, 1.54) is 23.2 Å². The van der Waals surface area contributed by atoms with Crippen molar-refractivity contribution in [3.05, 3.63) is 29.3 Å². The molecule has 1 aromatic rings. The van der Waals surface area contributed by atoms with Crippen LogP contribution in [0, 0.1) is 6.92 Å². The number of rotatable bonds is 0. The number of nitrogens with zero attached hydrogens (tertiary/aromatic N) is 1. The first-order valence-electron chi connectivity index (χ1n) is 6.76. The summed E-state index contributed by atoms with van der Waals surface area (Å²) < 4.78 is 0. The Bertz CT molecular complexity index is 379. The minimum Gasteiger partial charge on any atom is -0.369 e. The third kappa shape index (κ3) is 2.65. The van der Waals surface area contributed by atoms with Crippen LogP contribution in [0.25, 0.3) is 0 Å². The van der Waals surface area contributed by atoms with Crippen molar-refractivity contribution in [2.75, 3.05) is 11.9 Å². The van der Waals surface area contributed by atoms with Gasteiger partial charge in [-0.1, -0.05) is 32.9 Å². The Kier molecular flexibility index (Phi) is 4.24. The molecule has 0 saturated heterocycles. The second-order valence-electron chi connectivity index (χ2n) is 5.54. The molecule has 0 spiro atoms. The van der Waals surface area contributed by atoms with Crippen molar-refractivity contribution in [3.63, 3.8) is 0 Å². The Hall–Kier alpha value is -0.980. The van der Waals surface area contributed by atoms with Crippen molar-refractivity contribution in [2.45, 2.75) is 59.4 Å².